The minimum Gasteiger partial charge on any atom is -0.494 e. The maximum absolute atomic E-state index is 6.64. The average molecular weight is 523 g/mol. The molecule has 0 saturated carbocycles. The summed E-state index contributed by atoms with van der Waals surface area (Å²) in [6.07, 6.45) is 8.57. The molecule has 1 aliphatic carbocycles. The van der Waals surface area contributed by atoms with E-state index in [1.54, 1.807) is 31.4 Å². The Balaban J connectivity index is 1.51. The van der Waals surface area contributed by atoms with Crippen LogP contribution in [0.2, 0.25) is 15.1 Å². The fourth-order valence-corrected chi connectivity index (χ4v) is 5.62. The van der Waals surface area contributed by atoms with Crippen molar-refractivity contribution in [3.05, 3.63) is 99.5 Å². The number of ether oxygens (including phenoxy) is 1. The van der Waals surface area contributed by atoms with Gasteiger partial charge in [0.15, 0.2) is 5.75 Å². The van der Waals surface area contributed by atoms with Crippen LogP contribution in [-0.2, 0) is 0 Å². The van der Waals surface area contributed by atoms with Gasteiger partial charge in [-0.15, -0.1) is 0 Å². The second-order valence-electron chi connectivity index (χ2n) is 8.24. The van der Waals surface area contributed by atoms with Crippen molar-refractivity contribution in [1.82, 2.24) is 10.1 Å². The molecule has 5 nitrogen and oxygen atoms in total. The van der Waals surface area contributed by atoms with Crippen LogP contribution in [0.15, 0.2) is 83.4 Å². The van der Waals surface area contributed by atoms with Gasteiger partial charge in [0, 0.05) is 16.6 Å². The number of para-hydroxylation sites is 1. The molecule has 1 aromatic heterocycles. The molecule has 174 valence electrons. The van der Waals surface area contributed by atoms with E-state index < -0.39 is 0 Å². The maximum Gasteiger partial charge on any atom is 0.261 e. The Morgan fingerprint density at radius 2 is 1.69 bits per heavy atom. The van der Waals surface area contributed by atoms with Gasteiger partial charge in [-0.2, -0.15) is 4.98 Å². The first-order valence-electron chi connectivity index (χ1n) is 11.0. The number of halogens is 3. The monoisotopic (exact) mass is 521 g/mol. The minimum absolute atomic E-state index is 0.0837. The van der Waals surface area contributed by atoms with Crippen molar-refractivity contribution < 1.29 is 9.26 Å². The lowest BCUT2D eigenvalue weighted by molar-refractivity contribution is 0.413. The quantitative estimate of drug-likeness (QED) is 0.271. The summed E-state index contributed by atoms with van der Waals surface area (Å²) < 4.78 is 11.5. The van der Waals surface area contributed by atoms with Crippen molar-refractivity contribution in [3.8, 4) is 28.6 Å². The Morgan fingerprint density at radius 3 is 2.49 bits per heavy atom. The number of anilines is 2. The van der Waals surface area contributed by atoms with Gasteiger partial charge in [-0.25, -0.2) is 0 Å². The van der Waals surface area contributed by atoms with E-state index in [0.29, 0.717) is 37.8 Å². The summed E-state index contributed by atoms with van der Waals surface area (Å²) in [4.78, 5) is 6.84. The van der Waals surface area contributed by atoms with Gasteiger partial charge >= 0.3 is 0 Å². The zero-order valence-corrected chi connectivity index (χ0v) is 20.7. The molecule has 2 aliphatic rings. The molecule has 2 atom stereocenters. The summed E-state index contributed by atoms with van der Waals surface area (Å²) in [6.45, 7) is 0. The fourth-order valence-electron chi connectivity index (χ4n) is 4.84. The first-order valence-corrected chi connectivity index (χ1v) is 12.1. The smallest absolute Gasteiger partial charge is 0.261 e. The predicted octanol–water partition coefficient (Wildman–Crippen LogP) is 8.10. The topological polar surface area (TPSA) is 51.4 Å². The summed E-state index contributed by atoms with van der Waals surface area (Å²) in [5, 5.41) is 5.56. The molecule has 3 aromatic carbocycles. The zero-order valence-electron chi connectivity index (χ0n) is 18.5. The Kier molecular flexibility index (Phi) is 5.56. The van der Waals surface area contributed by atoms with E-state index in [1.807, 2.05) is 12.1 Å². The normalized spacial score (nSPS) is 18.0. The standard InChI is InChI=1S/C27H18Cl3N3O2/c1-34-25-18(26-31-27(35-32-26)24-19(29)9-6-10-20(24)30)13-15(28)14-23(25)33-21-11-4-2-7-16(21)17-8-3-5-12-22(17)33/h2-14,16,21H,1H3. The molecule has 0 N–H and O–H groups in total. The molecular formula is C27H18Cl3N3O2. The lowest BCUT2D eigenvalue weighted by Crippen LogP contribution is -2.29. The SMILES string of the molecule is COc1c(-c2noc(-c3c(Cl)cccc3Cl)n2)cc(Cl)cc1N1c2ccccc2C2C=CC=CC21. The fraction of sp³-hybridized carbons (Fsp3) is 0.111. The third-order valence-electron chi connectivity index (χ3n) is 6.30. The molecule has 0 fully saturated rings. The highest BCUT2D eigenvalue weighted by atomic mass is 35.5. The summed E-state index contributed by atoms with van der Waals surface area (Å²) in [5.74, 6) is 1.35. The summed E-state index contributed by atoms with van der Waals surface area (Å²) in [5.41, 5.74) is 4.24. The summed E-state index contributed by atoms with van der Waals surface area (Å²) in [7, 11) is 1.62. The highest BCUT2D eigenvalue weighted by Gasteiger charge is 2.39. The van der Waals surface area contributed by atoms with Crippen LogP contribution in [0.25, 0.3) is 22.8 Å². The first-order chi connectivity index (χ1) is 17.1. The van der Waals surface area contributed by atoms with E-state index in [-0.39, 0.29) is 17.9 Å². The van der Waals surface area contributed by atoms with E-state index in [2.05, 4.69) is 57.5 Å². The van der Waals surface area contributed by atoms with Gasteiger partial charge in [0.2, 0.25) is 5.82 Å². The number of benzene rings is 3. The van der Waals surface area contributed by atoms with Gasteiger partial charge in [-0.05, 0) is 35.9 Å². The van der Waals surface area contributed by atoms with E-state index >= 15 is 0 Å². The third kappa shape index (κ3) is 3.62. The van der Waals surface area contributed by atoms with Crippen molar-refractivity contribution in [2.75, 3.05) is 12.0 Å². The lowest BCUT2D eigenvalue weighted by atomic mass is 9.91. The Morgan fingerprint density at radius 1 is 0.914 bits per heavy atom. The highest BCUT2D eigenvalue weighted by Crippen LogP contribution is 2.52. The Labute approximate surface area is 217 Å². The molecule has 0 radical (unpaired) electrons. The zero-order chi connectivity index (χ0) is 24.1. The van der Waals surface area contributed by atoms with Crippen molar-refractivity contribution in [2.24, 2.45) is 0 Å². The van der Waals surface area contributed by atoms with E-state index in [0.717, 1.165) is 11.4 Å². The second kappa shape index (κ2) is 8.76. The molecule has 1 aliphatic heterocycles. The molecule has 2 heterocycles. The van der Waals surface area contributed by atoms with Crippen LogP contribution in [-0.4, -0.2) is 23.3 Å². The van der Waals surface area contributed by atoms with E-state index in [4.69, 9.17) is 44.1 Å². The van der Waals surface area contributed by atoms with Crippen LogP contribution in [0.4, 0.5) is 11.4 Å². The number of nitrogens with zero attached hydrogens (tertiary/aromatic N) is 3. The van der Waals surface area contributed by atoms with Gasteiger partial charge < -0.3 is 14.2 Å². The molecule has 0 bridgehead atoms. The van der Waals surface area contributed by atoms with Gasteiger partial charge in [0.05, 0.1) is 40.0 Å². The lowest BCUT2D eigenvalue weighted by Gasteiger charge is -2.30. The number of hydrogen-bond acceptors (Lipinski definition) is 5. The van der Waals surface area contributed by atoms with Gasteiger partial charge in [-0.3, -0.25) is 0 Å². The number of allylic oxidation sites excluding steroid dienone is 2. The predicted molar refractivity (Wildman–Crippen MR) is 140 cm³/mol. The third-order valence-corrected chi connectivity index (χ3v) is 7.15. The van der Waals surface area contributed by atoms with Gasteiger partial charge in [-0.1, -0.05) is 88.5 Å². The molecular weight excluding hydrogens is 505 g/mol. The van der Waals surface area contributed by atoms with Crippen LogP contribution < -0.4 is 9.64 Å². The van der Waals surface area contributed by atoms with Crippen LogP contribution in [0.1, 0.15) is 11.5 Å². The Hall–Kier alpha value is -3.25. The maximum atomic E-state index is 6.64. The first kappa shape index (κ1) is 22.2. The van der Waals surface area contributed by atoms with Gasteiger partial charge in [0.1, 0.15) is 0 Å². The van der Waals surface area contributed by atoms with Crippen molar-refractivity contribution >= 4 is 46.2 Å². The summed E-state index contributed by atoms with van der Waals surface area (Å²) in [6, 6.07) is 17.3. The molecule has 0 saturated heterocycles. The molecule has 8 heteroatoms. The molecule has 0 amide bonds. The number of aromatic nitrogens is 2. The highest BCUT2D eigenvalue weighted by molar-refractivity contribution is 6.38. The van der Waals surface area contributed by atoms with E-state index in [1.165, 1.54) is 5.56 Å². The van der Waals surface area contributed by atoms with Crippen molar-refractivity contribution in [2.45, 2.75) is 12.0 Å². The number of rotatable bonds is 4. The molecule has 0 spiro atoms. The summed E-state index contributed by atoms with van der Waals surface area (Å²) >= 11 is 19.3. The minimum atomic E-state index is 0.0837. The number of methoxy groups -OCH3 is 1. The van der Waals surface area contributed by atoms with Crippen LogP contribution >= 0.6 is 34.8 Å². The van der Waals surface area contributed by atoms with Gasteiger partial charge in [0.25, 0.3) is 5.89 Å². The number of fused-ring (bicyclic) bond motifs is 3. The molecule has 6 rings (SSSR count). The molecule has 4 aromatic rings. The van der Waals surface area contributed by atoms with E-state index in [9.17, 15) is 0 Å². The van der Waals surface area contributed by atoms with Crippen LogP contribution in [0.5, 0.6) is 5.75 Å². The molecule has 2 unspecified atom stereocenters. The number of hydrogen-bond donors (Lipinski definition) is 0. The Bertz CT molecular complexity index is 1490. The van der Waals surface area contributed by atoms with Crippen LogP contribution in [0, 0.1) is 0 Å². The van der Waals surface area contributed by atoms with Crippen LogP contribution in [0.3, 0.4) is 0 Å². The average Bonchev–Trinajstić information content (AvgIpc) is 3.47. The second-order valence-corrected chi connectivity index (χ2v) is 9.49. The van der Waals surface area contributed by atoms with Crippen molar-refractivity contribution in [1.29, 1.82) is 0 Å². The van der Waals surface area contributed by atoms with Crippen molar-refractivity contribution in [3.63, 3.8) is 0 Å². The largest absolute Gasteiger partial charge is 0.494 e. The molecule has 35 heavy (non-hydrogen) atoms.